The number of hydrogen-bond acceptors (Lipinski definition) is 5. The van der Waals surface area contributed by atoms with Gasteiger partial charge in [0.2, 0.25) is 0 Å². The Bertz CT molecular complexity index is 1580. The molecule has 3 N–H and O–H groups in total. The Hall–Kier alpha value is -3.66. The number of carbonyl (C=O) groups excluding carboxylic acids is 1. The zero-order valence-electron chi connectivity index (χ0n) is 26.8. The fraction of sp³-hybridized carbons (Fsp3) is 0.487. The third kappa shape index (κ3) is 5.55. The Morgan fingerprint density at radius 1 is 1.13 bits per heavy atom. The van der Waals surface area contributed by atoms with Crippen LogP contribution in [0.5, 0.6) is 5.75 Å². The van der Waals surface area contributed by atoms with E-state index in [9.17, 15) is 9.90 Å². The summed E-state index contributed by atoms with van der Waals surface area (Å²) in [6.45, 7) is 10.6. The Kier molecular flexibility index (Phi) is 8.78. The highest BCUT2D eigenvalue weighted by Crippen LogP contribution is 2.62. The van der Waals surface area contributed by atoms with Crippen molar-refractivity contribution in [1.82, 2.24) is 9.78 Å². The van der Waals surface area contributed by atoms with Gasteiger partial charge in [0, 0.05) is 29.8 Å². The lowest BCUT2D eigenvalue weighted by Gasteiger charge is -2.55. The molecule has 2 fully saturated rings. The second-order valence-electron chi connectivity index (χ2n) is 14.1. The lowest BCUT2D eigenvalue weighted by Crippen LogP contribution is -2.53. The van der Waals surface area contributed by atoms with Crippen molar-refractivity contribution >= 4 is 5.78 Å². The standard InChI is InChI=1S/C39H47N3O3/c1-5-6-7-20-45-32-15-11-28(12-16-32)37(44)27-9-13-31(14-10-27)42-36-21-30(25-43)39(4,22-29(36)24-41-42)35-18-19-38(3)26(2)8-17-34(38)33(35)23-40/h1,9-16,24,30,33-35,43H,2,6-8,17-23,25,40H2,3-4H3/t30-,33+,34+,35+,38-,39+/m1/s1. The molecule has 0 radical (unpaired) electrons. The molecule has 1 aromatic heterocycles. The maximum atomic E-state index is 13.2. The normalized spacial score (nSPS) is 29.1. The van der Waals surface area contributed by atoms with E-state index in [0.717, 1.165) is 55.7 Å². The number of nitrogens with two attached hydrogens (primary N) is 1. The molecule has 0 spiro atoms. The largest absolute Gasteiger partial charge is 0.494 e. The van der Waals surface area contributed by atoms with Crippen LogP contribution in [0.4, 0.5) is 0 Å². The van der Waals surface area contributed by atoms with E-state index in [1.165, 1.54) is 17.6 Å². The van der Waals surface area contributed by atoms with Gasteiger partial charge in [-0.05, 0) is 140 Å². The van der Waals surface area contributed by atoms with Crippen molar-refractivity contribution < 1.29 is 14.6 Å². The number of ketones is 1. The summed E-state index contributed by atoms with van der Waals surface area (Å²) in [5.41, 5.74) is 12.7. The molecule has 236 valence electrons. The molecular weight excluding hydrogens is 558 g/mol. The predicted molar refractivity (Wildman–Crippen MR) is 178 cm³/mol. The lowest BCUT2D eigenvalue weighted by molar-refractivity contribution is -0.0537. The molecule has 6 nitrogen and oxygen atoms in total. The highest BCUT2D eigenvalue weighted by Gasteiger charge is 2.56. The third-order valence-corrected chi connectivity index (χ3v) is 11.9. The van der Waals surface area contributed by atoms with Crippen molar-refractivity contribution in [1.29, 1.82) is 0 Å². The van der Waals surface area contributed by atoms with Gasteiger partial charge in [-0.25, -0.2) is 4.68 Å². The molecule has 3 aliphatic carbocycles. The maximum Gasteiger partial charge on any atom is 0.193 e. The molecular formula is C39H47N3O3. The number of carbonyl (C=O) groups is 1. The molecule has 2 aromatic carbocycles. The first kappa shape index (κ1) is 31.3. The first-order chi connectivity index (χ1) is 21.7. The first-order valence-corrected chi connectivity index (χ1v) is 16.6. The molecule has 0 saturated heterocycles. The number of ether oxygens (including phenoxy) is 1. The summed E-state index contributed by atoms with van der Waals surface area (Å²) in [6, 6.07) is 14.9. The van der Waals surface area contributed by atoms with Gasteiger partial charge in [0.25, 0.3) is 0 Å². The second-order valence-corrected chi connectivity index (χ2v) is 14.1. The molecule has 1 heterocycles. The van der Waals surface area contributed by atoms with Gasteiger partial charge in [0.05, 0.1) is 18.5 Å². The summed E-state index contributed by atoms with van der Waals surface area (Å²) in [5, 5.41) is 15.6. The number of aliphatic hydroxyl groups excluding tert-OH is 1. The fourth-order valence-electron chi connectivity index (χ4n) is 9.05. The number of hydrogen-bond donors (Lipinski definition) is 2. The second kappa shape index (κ2) is 12.6. The summed E-state index contributed by atoms with van der Waals surface area (Å²) < 4.78 is 7.71. The molecule has 6 atom stereocenters. The highest BCUT2D eigenvalue weighted by atomic mass is 16.5. The first-order valence-electron chi connectivity index (χ1n) is 16.6. The number of unbranched alkanes of at least 4 members (excludes halogenated alkanes) is 1. The van der Waals surface area contributed by atoms with Gasteiger partial charge < -0.3 is 15.6 Å². The minimum atomic E-state index is -0.0521. The van der Waals surface area contributed by atoms with E-state index in [4.69, 9.17) is 22.0 Å². The monoisotopic (exact) mass is 605 g/mol. The van der Waals surface area contributed by atoms with E-state index in [1.807, 2.05) is 47.3 Å². The van der Waals surface area contributed by atoms with E-state index >= 15 is 0 Å². The van der Waals surface area contributed by atoms with E-state index in [1.54, 1.807) is 12.1 Å². The Labute approximate surface area is 268 Å². The zero-order chi connectivity index (χ0) is 31.8. The van der Waals surface area contributed by atoms with Gasteiger partial charge in [-0.1, -0.05) is 26.0 Å². The molecule has 45 heavy (non-hydrogen) atoms. The van der Waals surface area contributed by atoms with Gasteiger partial charge in [-0.3, -0.25) is 4.79 Å². The molecule has 6 heteroatoms. The lowest BCUT2D eigenvalue weighted by atomic mass is 9.49. The number of nitrogens with zero attached hydrogens (tertiary/aromatic N) is 2. The van der Waals surface area contributed by atoms with E-state index < -0.39 is 0 Å². The molecule has 2 saturated carbocycles. The molecule has 0 bridgehead atoms. The van der Waals surface area contributed by atoms with Crippen molar-refractivity contribution in [3.63, 3.8) is 0 Å². The van der Waals surface area contributed by atoms with E-state index in [2.05, 4.69) is 26.3 Å². The van der Waals surface area contributed by atoms with E-state index in [-0.39, 0.29) is 29.1 Å². The van der Waals surface area contributed by atoms with Crippen molar-refractivity contribution in [2.24, 2.45) is 40.2 Å². The number of terminal acetylenes is 1. The van der Waals surface area contributed by atoms with Crippen LogP contribution in [0.3, 0.4) is 0 Å². The molecule has 3 aromatic rings. The Balaban J connectivity index is 1.18. The van der Waals surface area contributed by atoms with Crippen LogP contribution in [0.1, 0.15) is 79.6 Å². The van der Waals surface area contributed by atoms with Crippen LogP contribution in [0.15, 0.2) is 66.9 Å². The van der Waals surface area contributed by atoms with Crippen LogP contribution in [0.25, 0.3) is 5.69 Å². The van der Waals surface area contributed by atoms with Gasteiger partial charge in [0.15, 0.2) is 5.78 Å². The predicted octanol–water partition coefficient (Wildman–Crippen LogP) is 6.57. The zero-order valence-corrected chi connectivity index (χ0v) is 26.8. The summed E-state index contributed by atoms with van der Waals surface area (Å²) >= 11 is 0. The van der Waals surface area contributed by atoms with Crippen molar-refractivity contribution in [3.05, 3.63) is 89.3 Å². The number of aromatic nitrogens is 2. The smallest absolute Gasteiger partial charge is 0.193 e. The summed E-state index contributed by atoms with van der Waals surface area (Å²) in [6.07, 6.45) is 15.0. The van der Waals surface area contributed by atoms with Gasteiger partial charge in [0.1, 0.15) is 5.75 Å². The molecule has 6 rings (SSSR count). The fourth-order valence-corrected chi connectivity index (χ4v) is 9.05. The number of fused-ring (bicyclic) bond motifs is 2. The topological polar surface area (TPSA) is 90.4 Å². The van der Waals surface area contributed by atoms with E-state index in [0.29, 0.717) is 48.5 Å². The average molecular weight is 606 g/mol. The third-order valence-electron chi connectivity index (χ3n) is 11.9. The average Bonchev–Trinajstić information content (AvgIpc) is 3.61. The molecule has 0 unspecified atom stereocenters. The number of rotatable bonds is 10. The Morgan fingerprint density at radius 3 is 2.51 bits per heavy atom. The summed E-state index contributed by atoms with van der Waals surface area (Å²) in [5.74, 6) is 4.89. The van der Waals surface area contributed by atoms with Crippen LogP contribution in [-0.2, 0) is 12.8 Å². The van der Waals surface area contributed by atoms with Gasteiger partial charge in [-0.2, -0.15) is 5.10 Å². The van der Waals surface area contributed by atoms with Crippen molar-refractivity contribution in [2.75, 3.05) is 19.8 Å². The van der Waals surface area contributed by atoms with Crippen molar-refractivity contribution in [3.8, 4) is 23.8 Å². The molecule has 0 aliphatic heterocycles. The quantitative estimate of drug-likeness (QED) is 0.118. The van der Waals surface area contributed by atoms with Crippen LogP contribution >= 0.6 is 0 Å². The minimum absolute atomic E-state index is 0.0390. The number of benzene rings is 2. The van der Waals surface area contributed by atoms with Crippen molar-refractivity contribution in [2.45, 2.75) is 65.2 Å². The van der Waals surface area contributed by atoms with Crippen LogP contribution in [0, 0.1) is 46.8 Å². The molecule has 0 amide bonds. The SMILES string of the molecule is C#CCCCOc1ccc(C(=O)c2ccc(-n3ncc4c3C[C@H](CO)[C@@](C)([C@H]3CC[C@]5(C)C(=C)CC[C@H]5[C@@H]3CN)C4)cc2)cc1. The maximum absolute atomic E-state index is 13.2. The van der Waals surface area contributed by atoms with Crippen LogP contribution in [0.2, 0.25) is 0 Å². The number of allylic oxidation sites excluding steroid dienone is 1. The minimum Gasteiger partial charge on any atom is -0.494 e. The summed E-state index contributed by atoms with van der Waals surface area (Å²) in [4.78, 5) is 13.2. The summed E-state index contributed by atoms with van der Waals surface area (Å²) in [7, 11) is 0. The van der Waals surface area contributed by atoms with Crippen LogP contribution in [-0.4, -0.2) is 40.4 Å². The van der Waals surface area contributed by atoms with Gasteiger partial charge >= 0.3 is 0 Å². The number of aliphatic hydroxyl groups is 1. The highest BCUT2D eigenvalue weighted by molar-refractivity contribution is 6.09. The molecule has 3 aliphatic rings. The van der Waals surface area contributed by atoms with Gasteiger partial charge in [-0.15, -0.1) is 12.3 Å². The van der Waals surface area contributed by atoms with Crippen LogP contribution < -0.4 is 10.5 Å². The Morgan fingerprint density at radius 2 is 1.84 bits per heavy atom.